The summed E-state index contributed by atoms with van der Waals surface area (Å²) in [6, 6.07) is 12.6. The van der Waals surface area contributed by atoms with Crippen molar-refractivity contribution >= 4 is 40.1 Å². The maximum absolute atomic E-state index is 13.5. The summed E-state index contributed by atoms with van der Waals surface area (Å²) in [5.41, 5.74) is 9.30. The molecular formula is C31H31N3O8. The van der Waals surface area contributed by atoms with Crippen molar-refractivity contribution in [2.75, 3.05) is 27.9 Å². The van der Waals surface area contributed by atoms with Crippen LogP contribution in [0.15, 0.2) is 60.0 Å². The summed E-state index contributed by atoms with van der Waals surface area (Å²) in [5, 5.41) is 0.673. The number of aromatic nitrogens is 1. The Bertz CT molecular complexity index is 1640. The highest BCUT2D eigenvalue weighted by Gasteiger charge is 2.37. The third kappa shape index (κ3) is 5.09. The third-order valence-corrected chi connectivity index (χ3v) is 7.59. The monoisotopic (exact) mass is 573 g/mol. The molecule has 1 atom stereocenters. The molecule has 0 unspecified atom stereocenters. The van der Waals surface area contributed by atoms with Gasteiger partial charge < -0.3 is 29.7 Å². The van der Waals surface area contributed by atoms with Crippen molar-refractivity contribution in [3.8, 4) is 5.75 Å². The number of Topliss-reactive ketones (excluding diaryl/α,β-unsaturated/α-hetero) is 1. The molecule has 1 aliphatic carbocycles. The van der Waals surface area contributed by atoms with Crippen LogP contribution in [0.4, 0.5) is 4.79 Å². The Balaban J connectivity index is 1.68. The smallest absolute Gasteiger partial charge is 0.410 e. The van der Waals surface area contributed by atoms with Crippen LogP contribution in [0.3, 0.4) is 0 Å². The number of carbonyl (C=O) groups is 4. The van der Waals surface area contributed by atoms with Gasteiger partial charge in [0.2, 0.25) is 11.6 Å². The maximum Gasteiger partial charge on any atom is 0.410 e. The lowest BCUT2D eigenvalue weighted by molar-refractivity contribution is -0.141. The summed E-state index contributed by atoms with van der Waals surface area (Å²) in [7, 11) is 3.90. The molecule has 3 N–H and O–H groups in total. The van der Waals surface area contributed by atoms with Crippen LogP contribution in [0.25, 0.3) is 16.5 Å². The summed E-state index contributed by atoms with van der Waals surface area (Å²) in [6.07, 6.45) is 1.43. The fourth-order valence-corrected chi connectivity index (χ4v) is 5.56. The number of esters is 1. The van der Waals surface area contributed by atoms with Crippen molar-refractivity contribution < 1.29 is 38.1 Å². The number of methoxy groups -OCH3 is 3. The van der Waals surface area contributed by atoms with E-state index in [0.29, 0.717) is 40.9 Å². The summed E-state index contributed by atoms with van der Waals surface area (Å²) in [4.78, 5) is 56.0. The standard InChI is InChI=1S/C31H31N3O8/c1-39-24(36)12-10-21-27-19(13-14-34(21)31(38)41-3)25-18(20-15-22(35)26(32)30(40-2)29(20)37)9-11-23(28(25)33-27)42-16-17-7-5-4-6-8-17/h4-9,11,15,21,33H,10,12-14,16,32H2,1-3H3/t21-/m0/s1. The number of nitrogens with zero attached hydrogens (tertiary/aromatic N) is 1. The topological polar surface area (TPSA) is 150 Å². The number of amides is 1. The van der Waals surface area contributed by atoms with E-state index in [-0.39, 0.29) is 36.5 Å². The van der Waals surface area contributed by atoms with Gasteiger partial charge in [-0.3, -0.25) is 19.3 Å². The maximum atomic E-state index is 13.5. The average Bonchev–Trinajstić information content (AvgIpc) is 3.41. The summed E-state index contributed by atoms with van der Waals surface area (Å²) in [5.74, 6) is -1.16. The molecule has 1 aliphatic heterocycles. The van der Waals surface area contributed by atoms with E-state index in [1.807, 2.05) is 30.3 Å². The van der Waals surface area contributed by atoms with Gasteiger partial charge in [0, 0.05) is 29.6 Å². The summed E-state index contributed by atoms with van der Waals surface area (Å²) in [6.45, 7) is 0.585. The molecule has 2 heterocycles. The van der Waals surface area contributed by atoms with Crippen LogP contribution in [0.2, 0.25) is 0 Å². The predicted octanol–water partition coefficient (Wildman–Crippen LogP) is 3.72. The molecule has 42 heavy (non-hydrogen) atoms. The molecular weight excluding hydrogens is 542 g/mol. The van der Waals surface area contributed by atoms with Crippen LogP contribution in [-0.2, 0) is 41.6 Å². The zero-order valence-corrected chi connectivity index (χ0v) is 23.5. The van der Waals surface area contributed by atoms with Gasteiger partial charge in [0.25, 0.3) is 0 Å². The minimum Gasteiger partial charge on any atom is -0.491 e. The molecule has 1 aromatic heterocycles. The molecule has 5 rings (SSSR count). The van der Waals surface area contributed by atoms with Gasteiger partial charge in [-0.1, -0.05) is 30.3 Å². The lowest BCUT2D eigenvalue weighted by Gasteiger charge is -2.34. The molecule has 0 bridgehead atoms. The van der Waals surface area contributed by atoms with E-state index in [9.17, 15) is 19.2 Å². The van der Waals surface area contributed by atoms with Crippen LogP contribution in [-0.4, -0.2) is 61.4 Å². The first-order valence-corrected chi connectivity index (χ1v) is 13.4. The number of hydrogen-bond acceptors (Lipinski definition) is 9. The number of carbonyl (C=O) groups excluding carboxylic acids is 4. The van der Waals surface area contributed by atoms with Crippen LogP contribution >= 0.6 is 0 Å². The normalized spacial score (nSPS) is 16.7. The molecule has 3 aromatic rings. The molecule has 0 radical (unpaired) electrons. The first-order valence-electron chi connectivity index (χ1n) is 13.4. The zero-order chi connectivity index (χ0) is 30.0. The number of H-pyrrole nitrogens is 1. The second-order valence-corrected chi connectivity index (χ2v) is 9.90. The number of rotatable bonds is 8. The van der Waals surface area contributed by atoms with Crippen LogP contribution < -0.4 is 10.5 Å². The number of ketones is 2. The zero-order valence-electron chi connectivity index (χ0n) is 23.5. The van der Waals surface area contributed by atoms with Gasteiger partial charge in [0.15, 0.2) is 5.76 Å². The molecule has 11 heteroatoms. The summed E-state index contributed by atoms with van der Waals surface area (Å²) >= 11 is 0. The first kappa shape index (κ1) is 28.5. The molecule has 0 saturated heterocycles. The lowest BCUT2D eigenvalue weighted by Crippen LogP contribution is -2.40. The molecule has 0 spiro atoms. The molecule has 2 aromatic carbocycles. The number of nitrogens with one attached hydrogen (secondary N) is 1. The predicted molar refractivity (Wildman–Crippen MR) is 152 cm³/mol. The number of benzene rings is 2. The van der Waals surface area contributed by atoms with Gasteiger partial charge in [-0.15, -0.1) is 0 Å². The Hall–Kier alpha value is -5.06. The molecule has 0 fully saturated rings. The van der Waals surface area contributed by atoms with Crippen LogP contribution in [0.1, 0.15) is 41.3 Å². The van der Waals surface area contributed by atoms with Crippen molar-refractivity contribution in [2.45, 2.75) is 31.9 Å². The van der Waals surface area contributed by atoms with Crippen LogP contribution in [0.5, 0.6) is 5.75 Å². The average molecular weight is 574 g/mol. The number of allylic oxidation sites excluding steroid dienone is 2. The van der Waals surface area contributed by atoms with Gasteiger partial charge in [-0.25, -0.2) is 4.79 Å². The van der Waals surface area contributed by atoms with Crippen molar-refractivity contribution in [1.82, 2.24) is 9.88 Å². The molecule has 1 amide bonds. The van der Waals surface area contributed by atoms with Crippen molar-refractivity contribution in [2.24, 2.45) is 5.73 Å². The Morgan fingerprint density at radius 3 is 2.50 bits per heavy atom. The van der Waals surface area contributed by atoms with Crippen molar-refractivity contribution in [1.29, 1.82) is 0 Å². The van der Waals surface area contributed by atoms with E-state index in [0.717, 1.165) is 11.1 Å². The third-order valence-electron chi connectivity index (χ3n) is 7.59. The SMILES string of the molecule is COC(=O)CC[C@H]1c2[nH]c3c(OCc4ccccc4)ccc(C4=CC(=O)C(N)=C(OC)C4=O)c3c2CCN1C(=O)OC. The largest absolute Gasteiger partial charge is 0.491 e. The minimum absolute atomic E-state index is 0.0626. The van der Waals surface area contributed by atoms with E-state index in [1.54, 1.807) is 17.0 Å². The number of hydrogen-bond donors (Lipinski definition) is 2. The fourth-order valence-electron chi connectivity index (χ4n) is 5.56. The molecule has 218 valence electrons. The molecule has 0 saturated carbocycles. The van der Waals surface area contributed by atoms with Gasteiger partial charge in [0.1, 0.15) is 18.1 Å². The molecule has 11 nitrogen and oxygen atoms in total. The Labute approximate surface area is 241 Å². The van der Waals surface area contributed by atoms with E-state index < -0.39 is 29.7 Å². The van der Waals surface area contributed by atoms with Gasteiger partial charge in [-0.2, -0.15) is 0 Å². The quantitative estimate of drug-likeness (QED) is 0.304. The number of nitrogens with two attached hydrogens (primary N) is 1. The fraction of sp³-hybridized carbons (Fsp3) is 0.290. The van der Waals surface area contributed by atoms with Gasteiger partial charge in [-0.05, 0) is 47.7 Å². The van der Waals surface area contributed by atoms with Crippen molar-refractivity contribution in [3.63, 3.8) is 0 Å². The Kier molecular flexibility index (Phi) is 8.01. The molecule has 2 aliphatic rings. The highest BCUT2D eigenvalue weighted by Crippen LogP contribution is 2.44. The Morgan fingerprint density at radius 1 is 1.05 bits per heavy atom. The summed E-state index contributed by atoms with van der Waals surface area (Å²) < 4.78 is 21.3. The van der Waals surface area contributed by atoms with Gasteiger partial charge in [0.05, 0.1) is 32.9 Å². The minimum atomic E-state index is -0.551. The van der Waals surface area contributed by atoms with Crippen molar-refractivity contribution in [3.05, 3.63) is 82.4 Å². The Morgan fingerprint density at radius 2 is 1.81 bits per heavy atom. The van der Waals surface area contributed by atoms with Gasteiger partial charge >= 0.3 is 12.1 Å². The van der Waals surface area contributed by atoms with E-state index >= 15 is 0 Å². The highest BCUT2D eigenvalue weighted by molar-refractivity contribution is 6.38. The second-order valence-electron chi connectivity index (χ2n) is 9.90. The number of aromatic amines is 1. The number of fused-ring (bicyclic) bond motifs is 3. The first-order chi connectivity index (χ1) is 20.3. The lowest BCUT2D eigenvalue weighted by atomic mass is 9.87. The van der Waals surface area contributed by atoms with E-state index in [4.69, 9.17) is 24.7 Å². The van der Waals surface area contributed by atoms with E-state index in [1.165, 1.54) is 27.4 Å². The van der Waals surface area contributed by atoms with Crippen LogP contribution in [0, 0.1) is 0 Å². The highest BCUT2D eigenvalue weighted by atomic mass is 16.5. The number of ether oxygens (including phenoxy) is 4. The van der Waals surface area contributed by atoms with E-state index in [2.05, 4.69) is 4.98 Å². The second kappa shape index (κ2) is 11.8.